The highest BCUT2D eigenvalue weighted by Gasteiger charge is 2.25. The summed E-state index contributed by atoms with van der Waals surface area (Å²) in [6.07, 6.45) is 3.98. The molecule has 1 aliphatic heterocycles. The summed E-state index contributed by atoms with van der Waals surface area (Å²) in [4.78, 5) is 37.0. The second-order valence-corrected chi connectivity index (χ2v) is 9.06. The van der Waals surface area contributed by atoms with E-state index in [-0.39, 0.29) is 17.6 Å². The smallest absolute Gasteiger partial charge is 0.315 e. The van der Waals surface area contributed by atoms with Gasteiger partial charge in [-0.25, -0.2) is 14.8 Å². The predicted molar refractivity (Wildman–Crippen MR) is 141 cm³/mol. The number of hydrogen-bond acceptors (Lipinski definition) is 5. The van der Waals surface area contributed by atoms with Crippen LogP contribution in [-0.4, -0.2) is 46.2 Å². The number of benzene rings is 2. The summed E-state index contributed by atoms with van der Waals surface area (Å²) < 4.78 is 1.71. The van der Waals surface area contributed by atoms with Gasteiger partial charge in [-0.05, 0) is 42.5 Å². The molecular weight excluding hydrogens is 452 g/mol. The van der Waals surface area contributed by atoms with Crippen molar-refractivity contribution in [1.82, 2.24) is 25.2 Å². The minimum atomic E-state index is -0.149. The average molecular weight is 483 g/mol. The van der Waals surface area contributed by atoms with Crippen LogP contribution in [0.5, 0.6) is 0 Å². The van der Waals surface area contributed by atoms with E-state index in [4.69, 9.17) is 0 Å². The van der Waals surface area contributed by atoms with Crippen LogP contribution in [0.2, 0.25) is 0 Å². The van der Waals surface area contributed by atoms with Crippen molar-refractivity contribution in [3.05, 3.63) is 100 Å². The first-order valence-electron chi connectivity index (χ1n) is 12.4. The predicted octanol–water partition coefficient (Wildman–Crippen LogP) is 3.35. The van der Waals surface area contributed by atoms with Crippen LogP contribution in [0.1, 0.15) is 24.0 Å². The topological polar surface area (TPSA) is 92.2 Å². The lowest BCUT2D eigenvalue weighted by Crippen LogP contribution is -2.49. The van der Waals surface area contributed by atoms with Gasteiger partial charge in [-0.1, -0.05) is 60.7 Å². The maximum Gasteiger partial charge on any atom is 0.315 e. The molecule has 5 rings (SSSR count). The van der Waals surface area contributed by atoms with Crippen molar-refractivity contribution in [2.45, 2.75) is 31.8 Å². The van der Waals surface area contributed by atoms with Gasteiger partial charge in [0.25, 0.3) is 5.56 Å². The van der Waals surface area contributed by atoms with Crippen molar-refractivity contribution in [3.63, 3.8) is 0 Å². The standard InChI is InChI=1S/C28H30N6O2/c35-27-26(32-24-12-7-16-29-25(24)34(27)20-22-10-5-2-6-11-22)33-18-14-23(15-19-33)31-28(36)30-17-13-21-8-3-1-4-9-21/h1-12,16,23H,13-15,17-20H2,(H2,30,31,36). The molecule has 0 saturated carbocycles. The number of piperidine rings is 1. The summed E-state index contributed by atoms with van der Waals surface area (Å²) in [7, 11) is 0. The Morgan fingerprint density at radius 2 is 1.61 bits per heavy atom. The number of urea groups is 1. The molecule has 4 aromatic rings. The minimum Gasteiger partial charge on any atom is -0.352 e. The molecule has 0 unspecified atom stereocenters. The Bertz CT molecular complexity index is 1370. The quantitative estimate of drug-likeness (QED) is 0.422. The van der Waals surface area contributed by atoms with Crippen molar-refractivity contribution < 1.29 is 4.79 Å². The van der Waals surface area contributed by atoms with E-state index in [1.807, 2.05) is 65.6 Å². The number of fused-ring (bicyclic) bond motifs is 1. The molecule has 8 heteroatoms. The van der Waals surface area contributed by atoms with Crippen molar-refractivity contribution in [1.29, 1.82) is 0 Å². The molecule has 8 nitrogen and oxygen atoms in total. The van der Waals surface area contributed by atoms with Gasteiger partial charge in [0.15, 0.2) is 11.5 Å². The van der Waals surface area contributed by atoms with Crippen LogP contribution in [0.25, 0.3) is 11.2 Å². The van der Waals surface area contributed by atoms with Crippen molar-refractivity contribution >= 4 is 23.0 Å². The first-order valence-corrected chi connectivity index (χ1v) is 12.4. The number of aromatic nitrogens is 3. The van der Waals surface area contributed by atoms with Gasteiger partial charge >= 0.3 is 6.03 Å². The maximum atomic E-state index is 13.5. The Kier molecular flexibility index (Phi) is 7.21. The highest BCUT2D eigenvalue weighted by molar-refractivity contribution is 5.74. The number of nitrogens with zero attached hydrogens (tertiary/aromatic N) is 4. The van der Waals surface area contributed by atoms with Gasteiger partial charge in [0.2, 0.25) is 0 Å². The summed E-state index contributed by atoms with van der Waals surface area (Å²) in [6, 6.07) is 23.6. The van der Waals surface area contributed by atoms with E-state index < -0.39 is 0 Å². The van der Waals surface area contributed by atoms with Gasteiger partial charge in [-0.3, -0.25) is 9.36 Å². The third kappa shape index (κ3) is 5.54. The van der Waals surface area contributed by atoms with E-state index >= 15 is 0 Å². The van der Waals surface area contributed by atoms with E-state index in [1.165, 1.54) is 5.56 Å². The molecule has 2 aromatic heterocycles. The third-order valence-electron chi connectivity index (χ3n) is 6.54. The number of carbonyl (C=O) groups excluding carboxylic acids is 1. The first kappa shape index (κ1) is 23.5. The lowest BCUT2D eigenvalue weighted by Gasteiger charge is -2.33. The Morgan fingerprint density at radius 1 is 0.917 bits per heavy atom. The summed E-state index contributed by atoms with van der Waals surface area (Å²) in [5, 5.41) is 6.02. The van der Waals surface area contributed by atoms with Crippen molar-refractivity contribution in [2.24, 2.45) is 0 Å². The zero-order chi connectivity index (χ0) is 24.7. The normalized spacial score (nSPS) is 14.1. The van der Waals surface area contributed by atoms with Crippen LogP contribution >= 0.6 is 0 Å². The molecule has 3 heterocycles. The minimum absolute atomic E-state index is 0.0617. The Labute approximate surface area is 210 Å². The zero-order valence-corrected chi connectivity index (χ0v) is 20.1. The number of anilines is 1. The van der Waals surface area contributed by atoms with Gasteiger partial charge in [-0.2, -0.15) is 0 Å². The molecule has 2 aromatic carbocycles. The van der Waals surface area contributed by atoms with Crippen LogP contribution in [0, 0.1) is 0 Å². The van der Waals surface area contributed by atoms with Crippen LogP contribution in [0.15, 0.2) is 83.8 Å². The molecule has 0 aliphatic carbocycles. The van der Waals surface area contributed by atoms with Gasteiger partial charge in [-0.15, -0.1) is 0 Å². The average Bonchev–Trinajstić information content (AvgIpc) is 2.92. The summed E-state index contributed by atoms with van der Waals surface area (Å²) >= 11 is 0. The summed E-state index contributed by atoms with van der Waals surface area (Å²) in [5.74, 6) is 0.442. The Balaban J connectivity index is 1.23. The molecule has 0 atom stereocenters. The number of amides is 2. The number of pyridine rings is 1. The lowest BCUT2D eigenvalue weighted by molar-refractivity contribution is 0.234. The number of carbonyl (C=O) groups is 1. The van der Waals surface area contributed by atoms with Crippen LogP contribution in [-0.2, 0) is 13.0 Å². The lowest BCUT2D eigenvalue weighted by atomic mass is 10.1. The molecule has 1 aliphatic rings. The fourth-order valence-corrected chi connectivity index (χ4v) is 4.62. The highest BCUT2D eigenvalue weighted by atomic mass is 16.2. The molecule has 1 saturated heterocycles. The van der Waals surface area contributed by atoms with Crippen LogP contribution in [0.3, 0.4) is 0 Å². The van der Waals surface area contributed by atoms with Gasteiger partial charge in [0.1, 0.15) is 5.52 Å². The zero-order valence-electron chi connectivity index (χ0n) is 20.1. The Morgan fingerprint density at radius 3 is 2.33 bits per heavy atom. The second kappa shape index (κ2) is 11.0. The van der Waals surface area contributed by atoms with Gasteiger partial charge in [0, 0.05) is 31.9 Å². The highest BCUT2D eigenvalue weighted by Crippen LogP contribution is 2.18. The van der Waals surface area contributed by atoms with Crippen molar-refractivity contribution in [3.8, 4) is 0 Å². The van der Waals surface area contributed by atoms with Gasteiger partial charge in [0.05, 0.1) is 6.54 Å². The van der Waals surface area contributed by atoms with E-state index in [9.17, 15) is 9.59 Å². The SMILES string of the molecule is O=C(NCCc1ccccc1)NC1CCN(c2nc3cccnc3n(Cc3ccccc3)c2=O)CC1. The fraction of sp³-hybridized carbons (Fsp3) is 0.286. The summed E-state index contributed by atoms with van der Waals surface area (Å²) in [5.41, 5.74) is 3.36. The van der Waals surface area contributed by atoms with Crippen LogP contribution < -0.4 is 21.1 Å². The molecule has 1 fully saturated rings. The Hall–Kier alpha value is -4.20. The second-order valence-electron chi connectivity index (χ2n) is 9.06. The molecule has 0 spiro atoms. The van der Waals surface area contributed by atoms with E-state index in [0.29, 0.717) is 43.2 Å². The first-order chi connectivity index (χ1) is 17.7. The molecule has 0 radical (unpaired) electrons. The molecule has 184 valence electrons. The number of hydrogen-bond donors (Lipinski definition) is 2. The molecule has 2 N–H and O–H groups in total. The summed E-state index contributed by atoms with van der Waals surface area (Å²) in [6.45, 7) is 2.32. The molecule has 2 amide bonds. The largest absolute Gasteiger partial charge is 0.352 e. The number of rotatable bonds is 7. The molecule has 0 bridgehead atoms. The van der Waals surface area contributed by atoms with E-state index in [1.54, 1.807) is 10.8 Å². The fourth-order valence-electron chi connectivity index (χ4n) is 4.62. The third-order valence-corrected chi connectivity index (χ3v) is 6.54. The monoisotopic (exact) mass is 482 g/mol. The van der Waals surface area contributed by atoms with Crippen molar-refractivity contribution in [2.75, 3.05) is 24.5 Å². The molecular formula is C28H30N6O2. The number of nitrogens with one attached hydrogen (secondary N) is 2. The van der Waals surface area contributed by atoms with E-state index in [0.717, 1.165) is 24.8 Å². The van der Waals surface area contributed by atoms with E-state index in [2.05, 4.69) is 32.7 Å². The van der Waals surface area contributed by atoms with Crippen LogP contribution in [0.4, 0.5) is 10.6 Å². The molecule has 36 heavy (non-hydrogen) atoms. The maximum absolute atomic E-state index is 13.5. The van der Waals surface area contributed by atoms with Gasteiger partial charge < -0.3 is 15.5 Å².